The number of carbonyl (C=O) groups is 1. The van der Waals surface area contributed by atoms with Crippen molar-refractivity contribution in [1.29, 1.82) is 0 Å². The molecule has 2 saturated heterocycles. The van der Waals surface area contributed by atoms with Crippen molar-refractivity contribution in [1.82, 2.24) is 40.0 Å². The molecule has 0 spiro atoms. The second-order valence-corrected chi connectivity index (χ2v) is 22.4. The minimum absolute atomic E-state index is 0.241. The molecule has 406 valence electrons. The Kier molecular flexibility index (Phi) is 46.5. The van der Waals surface area contributed by atoms with Gasteiger partial charge in [0.05, 0.1) is 0 Å². The van der Waals surface area contributed by atoms with Gasteiger partial charge in [-0.1, -0.05) is 162 Å². The zero-order chi connectivity index (χ0) is 49.6. The van der Waals surface area contributed by atoms with Crippen LogP contribution in [0.2, 0.25) is 0 Å². The number of nitrogens with one attached hydrogen (secondary N) is 2. The second kappa shape index (κ2) is 48.5. The highest BCUT2D eigenvalue weighted by Crippen LogP contribution is 2.18. The van der Waals surface area contributed by atoms with Crippen molar-refractivity contribution < 1.29 is 4.79 Å². The van der Waals surface area contributed by atoms with Crippen LogP contribution in [0.4, 0.5) is 0 Å². The van der Waals surface area contributed by atoms with Gasteiger partial charge in [-0.2, -0.15) is 0 Å². The van der Waals surface area contributed by atoms with E-state index in [4.69, 9.17) is 0 Å². The summed E-state index contributed by atoms with van der Waals surface area (Å²) < 4.78 is 0. The molecular formula is C59H124N8O. The third-order valence-corrected chi connectivity index (χ3v) is 15.5. The zero-order valence-corrected chi connectivity index (χ0v) is 47.7. The largest absolute Gasteiger partial charge is 0.356 e. The normalized spacial score (nSPS) is 22.0. The lowest BCUT2D eigenvalue weighted by molar-refractivity contribution is -0.122. The molecule has 0 aliphatic carbocycles. The fourth-order valence-electron chi connectivity index (χ4n) is 10.6. The number of carbonyl (C=O) groups excluding carboxylic acids is 1. The molecule has 1 amide bonds. The number of hydrogen-bond acceptors (Lipinski definition) is 8. The van der Waals surface area contributed by atoms with E-state index in [0.717, 1.165) is 51.6 Å². The van der Waals surface area contributed by atoms with Gasteiger partial charge in [0, 0.05) is 25.0 Å². The predicted molar refractivity (Wildman–Crippen MR) is 302 cm³/mol. The van der Waals surface area contributed by atoms with Gasteiger partial charge >= 0.3 is 0 Å². The van der Waals surface area contributed by atoms with Gasteiger partial charge in [-0.05, 0) is 191 Å². The summed E-state index contributed by atoms with van der Waals surface area (Å²) >= 11 is 0. The van der Waals surface area contributed by atoms with Crippen molar-refractivity contribution in [3.05, 3.63) is 0 Å². The number of rotatable bonds is 25. The van der Waals surface area contributed by atoms with E-state index in [1.165, 1.54) is 258 Å². The van der Waals surface area contributed by atoms with Crippen molar-refractivity contribution in [3.8, 4) is 0 Å². The maximum absolute atomic E-state index is 12.7. The van der Waals surface area contributed by atoms with Gasteiger partial charge in [0.1, 0.15) is 0 Å². The van der Waals surface area contributed by atoms with Crippen LogP contribution in [-0.4, -0.2) is 175 Å². The van der Waals surface area contributed by atoms with Crippen LogP contribution in [0.1, 0.15) is 239 Å². The summed E-state index contributed by atoms with van der Waals surface area (Å²) in [5.74, 6) is 0.241. The van der Waals surface area contributed by atoms with Crippen LogP contribution in [0, 0.1) is 0 Å². The van der Waals surface area contributed by atoms with E-state index in [0.29, 0.717) is 12.5 Å². The van der Waals surface area contributed by atoms with Crippen molar-refractivity contribution in [2.75, 3.05) is 127 Å². The molecule has 2 aliphatic rings. The molecule has 2 N–H and O–H groups in total. The van der Waals surface area contributed by atoms with E-state index in [-0.39, 0.29) is 5.91 Å². The maximum Gasteiger partial charge on any atom is 0.221 e. The molecule has 2 heterocycles. The minimum atomic E-state index is 0.241. The van der Waals surface area contributed by atoms with Gasteiger partial charge < -0.3 is 40.0 Å². The van der Waals surface area contributed by atoms with E-state index in [1.54, 1.807) is 0 Å². The summed E-state index contributed by atoms with van der Waals surface area (Å²) in [7, 11) is 13.7. The fraction of sp³-hybridized carbons (Fsp3) is 0.983. The summed E-state index contributed by atoms with van der Waals surface area (Å²) in [6, 6.07) is 1.13. The fourth-order valence-corrected chi connectivity index (χ4v) is 10.6. The number of nitrogens with zero attached hydrogens (tertiary/aromatic N) is 6. The quantitative estimate of drug-likeness (QED) is 0.0878. The molecular weight excluding hydrogens is 837 g/mol. The molecule has 0 radical (unpaired) electrons. The first-order chi connectivity index (χ1) is 33.2. The Morgan fingerprint density at radius 2 is 0.691 bits per heavy atom. The lowest BCUT2D eigenvalue weighted by Gasteiger charge is -2.29. The monoisotopic (exact) mass is 961 g/mol. The molecule has 9 heteroatoms. The van der Waals surface area contributed by atoms with Gasteiger partial charge in [-0.15, -0.1) is 0 Å². The molecule has 0 bridgehead atoms. The molecule has 9 nitrogen and oxygen atoms in total. The Labute approximate surface area is 427 Å². The molecule has 68 heavy (non-hydrogen) atoms. The predicted octanol–water partition coefficient (Wildman–Crippen LogP) is 12.7. The van der Waals surface area contributed by atoms with Crippen LogP contribution < -0.4 is 10.6 Å². The first-order valence-electron chi connectivity index (χ1n) is 30.3. The van der Waals surface area contributed by atoms with Crippen molar-refractivity contribution in [2.24, 2.45) is 0 Å². The van der Waals surface area contributed by atoms with E-state index in [9.17, 15) is 4.79 Å². The van der Waals surface area contributed by atoms with Gasteiger partial charge in [-0.25, -0.2) is 0 Å². The Balaban J connectivity index is 0.000000681. The molecule has 2 fully saturated rings. The van der Waals surface area contributed by atoms with E-state index in [1.807, 2.05) is 0 Å². The lowest BCUT2D eigenvalue weighted by Crippen LogP contribution is -2.39. The first kappa shape index (κ1) is 65.2. The van der Waals surface area contributed by atoms with Gasteiger partial charge in [-0.3, -0.25) is 4.79 Å². The first-order valence-corrected chi connectivity index (χ1v) is 30.3. The zero-order valence-electron chi connectivity index (χ0n) is 47.7. The van der Waals surface area contributed by atoms with E-state index < -0.39 is 0 Å². The summed E-state index contributed by atoms with van der Waals surface area (Å²) in [5, 5.41) is 6.94. The van der Waals surface area contributed by atoms with Crippen LogP contribution in [0.25, 0.3) is 0 Å². The average Bonchev–Trinajstić information content (AvgIpc) is 3.32. The Hall–Kier alpha value is -0.810. The van der Waals surface area contributed by atoms with Crippen LogP contribution in [0.3, 0.4) is 0 Å². The Morgan fingerprint density at radius 3 is 1.10 bits per heavy atom. The Bertz CT molecular complexity index is 1050. The Morgan fingerprint density at radius 1 is 0.368 bits per heavy atom. The maximum atomic E-state index is 12.7. The van der Waals surface area contributed by atoms with Crippen molar-refractivity contribution in [3.63, 3.8) is 0 Å². The summed E-state index contributed by atoms with van der Waals surface area (Å²) in [4.78, 5) is 27.8. The van der Waals surface area contributed by atoms with Crippen molar-refractivity contribution >= 4 is 5.91 Å². The van der Waals surface area contributed by atoms with Crippen LogP contribution >= 0.6 is 0 Å². The van der Waals surface area contributed by atoms with Crippen LogP contribution in [0.5, 0.6) is 0 Å². The van der Waals surface area contributed by atoms with Gasteiger partial charge in [0.2, 0.25) is 5.91 Å². The van der Waals surface area contributed by atoms with Gasteiger partial charge in [0.25, 0.3) is 0 Å². The standard InChI is InChI=1S/C30H62N4O.C29H62N4/c1-5-6-7-8-9-10-11-12-13-14-15-16-21-29-28-30(35)31-22-19-25-32(2)23-17-18-24-33(3)26-20-27-34(29)4;1-5-6-7-8-9-10-11-12-13-14-15-20-29-21-23-30-22-18-26-31(2)24-16-17-25-32(3)27-19-28-33(29)4/h29H,5-28H2,1-4H3,(H,31,35);29-30H,5-28H2,1-4H3. The van der Waals surface area contributed by atoms with Crippen LogP contribution in [0.15, 0.2) is 0 Å². The molecule has 0 aromatic carbocycles. The second-order valence-electron chi connectivity index (χ2n) is 22.4. The topological polar surface area (TPSA) is 60.6 Å². The van der Waals surface area contributed by atoms with E-state index >= 15 is 0 Å². The molecule has 2 unspecified atom stereocenters. The lowest BCUT2D eigenvalue weighted by atomic mass is 10.0. The number of hydrogen-bond donors (Lipinski definition) is 2. The van der Waals surface area contributed by atoms with Gasteiger partial charge in [0.15, 0.2) is 0 Å². The molecule has 0 saturated carbocycles. The molecule has 0 aromatic heterocycles. The van der Waals surface area contributed by atoms with Crippen molar-refractivity contribution in [2.45, 2.75) is 251 Å². The smallest absolute Gasteiger partial charge is 0.221 e. The molecule has 0 aromatic rings. The third-order valence-electron chi connectivity index (χ3n) is 15.5. The van der Waals surface area contributed by atoms with E-state index in [2.05, 4.69) is 96.2 Å². The summed E-state index contributed by atoms with van der Waals surface area (Å²) in [5.41, 5.74) is 0. The molecule has 2 atom stereocenters. The third kappa shape index (κ3) is 41.8. The number of unbranched alkanes of at least 4 members (excludes halogenated alkanes) is 21. The summed E-state index contributed by atoms with van der Waals surface area (Å²) in [6.07, 6.45) is 46.9. The summed E-state index contributed by atoms with van der Waals surface area (Å²) in [6.45, 7) is 19.6. The minimum Gasteiger partial charge on any atom is -0.356 e. The highest BCUT2D eigenvalue weighted by atomic mass is 16.1. The average molecular weight is 962 g/mol. The highest BCUT2D eigenvalue weighted by molar-refractivity contribution is 5.76. The molecule has 2 aliphatic heterocycles. The molecule has 2 rings (SSSR count). The SMILES string of the molecule is CCCCCCCCCCCCCC1CCNCCCN(C)CCCCN(C)CCCN1C.CCCCCCCCCCCCCCC1CC(=O)NCCCN(C)CCCCN(C)CCCN1C. The van der Waals surface area contributed by atoms with Crippen LogP contribution in [-0.2, 0) is 4.79 Å². The highest BCUT2D eigenvalue weighted by Gasteiger charge is 2.19. The number of amides is 1.